The average Bonchev–Trinajstić information content (AvgIpc) is 2.77. The third-order valence-corrected chi connectivity index (χ3v) is 3.99. The number of thiophene rings is 1. The van der Waals surface area contributed by atoms with Crippen LogP contribution in [0, 0.1) is 6.92 Å². The zero-order chi connectivity index (χ0) is 12.5. The summed E-state index contributed by atoms with van der Waals surface area (Å²) in [5, 5.41) is 1.98. The summed E-state index contributed by atoms with van der Waals surface area (Å²) in [5.41, 5.74) is 3.05. The van der Waals surface area contributed by atoms with Gasteiger partial charge in [-0.05, 0) is 23.4 Å². The summed E-state index contributed by atoms with van der Waals surface area (Å²) in [5.74, 6) is 0. The van der Waals surface area contributed by atoms with Gasteiger partial charge < -0.3 is 0 Å². The topological polar surface area (TPSA) is 34.9 Å². The van der Waals surface area contributed by atoms with Gasteiger partial charge >= 0.3 is 0 Å². The molecule has 0 spiro atoms. The number of aryl methyl sites for hydroxylation is 1. The van der Waals surface area contributed by atoms with Crippen LogP contribution in [-0.4, -0.2) is 9.55 Å². The molecule has 2 heterocycles. The predicted molar refractivity (Wildman–Crippen MR) is 74.2 cm³/mol. The van der Waals surface area contributed by atoms with E-state index in [1.807, 2.05) is 42.6 Å². The van der Waals surface area contributed by atoms with Crippen molar-refractivity contribution in [1.82, 2.24) is 9.55 Å². The molecule has 0 radical (unpaired) electrons. The van der Waals surface area contributed by atoms with Crippen molar-refractivity contribution in [2.75, 3.05) is 0 Å². The number of hydrogen-bond donors (Lipinski definition) is 0. The molecule has 3 rings (SSSR count). The first-order valence-corrected chi connectivity index (χ1v) is 6.61. The maximum absolute atomic E-state index is 12.3. The summed E-state index contributed by atoms with van der Waals surface area (Å²) in [6.07, 6.45) is 1.64. The van der Waals surface area contributed by atoms with Gasteiger partial charge in [-0.1, -0.05) is 30.3 Å². The second kappa shape index (κ2) is 4.38. The Morgan fingerprint density at radius 1 is 1.28 bits per heavy atom. The van der Waals surface area contributed by atoms with Gasteiger partial charge in [0.25, 0.3) is 5.56 Å². The summed E-state index contributed by atoms with van der Waals surface area (Å²) < 4.78 is 2.40. The number of nitrogens with zero attached hydrogens (tertiary/aromatic N) is 2. The molecule has 0 saturated carbocycles. The highest BCUT2D eigenvalue weighted by molar-refractivity contribution is 7.17. The molecule has 0 N–H and O–H groups in total. The van der Waals surface area contributed by atoms with Crippen LogP contribution >= 0.6 is 11.3 Å². The van der Waals surface area contributed by atoms with E-state index >= 15 is 0 Å². The van der Waals surface area contributed by atoms with E-state index in [0.717, 1.165) is 21.3 Å². The van der Waals surface area contributed by atoms with Gasteiger partial charge in [0.05, 0.1) is 18.4 Å². The molecular formula is C14H12N2OS. The van der Waals surface area contributed by atoms with Gasteiger partial charge in [-0.25, -0.2) is 4.98 Å². The van der Waals surface area contributed by atoms with Crippen molar-refractivity contribution in [2.24, 2.45) is 0 Å². The maximum atomic E-state index is 12.3. The minimum Gasteiger partial charge on any atom is -0.294 e. The highest BCUT2D eigenvalue weighted by Gasteiger charge is 2.08. The van der Waals surface area contributed by atoms with Crippen LogP contribution in [0.4, 0.5) is 0 Å². The molecule has 0 atom stereocenters. The predicted octanol–water partition coefficient (Wildman–Crippen LogP) is 2.81. The van der Waals surface area contributed by atoms with E-state index in [-0.39, 0.29) is 5.56 Å². The van der Waals surface area contributed by atoms with E-state index < -0.39 is 0 Å². The lowest BCUT2D eigenvalue weighted by atomic mass is 10.2. The lowest BCUT2D eigenvalue weighted by Gasteiger charge is -2.05. The molecule has 0 aliphatic rings. The first-order valence-electron chi connectivity index (χ1n) is 5.73. The fourth-order valence-corrected chi connectivity index (χ4v) is 2.90. The minimum absolute atomic E-state index is 0.0435. The summed E-state index contributed by atoms with van der Waals surface area (Å²) >= 11 is 1.47. The summed E-state index contributed by atoms with van der Waals surface area (Å²) in [6, 6.07) is 9.94. The fourth-order valence-electron chi connectivity index (χ4n) is 1.95. The number of hydrogen-bond acceptors (Lipinski definition) is 3. The minimum atomic E-state index is 0.0435. The van der Waals surface area contributed by atoms with Gasteiger partial charge in [0, 0.05) is 0 Å². The Balaban J connectivity index is 2.08. The first-order chi connectivity index (χ1) is 8.75. The van der Waals surface area contributed by atoms with Crippen LogP contribution < -0.4 is 5.56 Å². The molecule has 0 saturated heterocycles. The Hall–Kier alpha value is -1.94. The van der Waals surface area contributed by atoms with Crippen LogP contribution in [0.2, 0.25) is 0 Å². The largest absolute Gasteiger partial charge is 0.294 e. The molecule has 3 nitrogen and oxygen atoms in total. The second-order valence-corrected chi connectivity index (χ2v) is 5.14. The van der Waals surface area contributed by atoms with Crippen molar-refractivity contribution in [1.29, 1.82) is 0 Å². The molecule has 18 heavy (non-hydrogen) atoms. The van der Waals surface area contributed by atoms with Crippen LogP contribution in [0.25, 0.3) is 10.2 Å². The molecule has 0 unspecified atom stereocenters. The molecule has 0 bridgehead atoms. The molecular weight excluding hydrogens is 244 g/mol. The summed E-state index contributed by atoms with van der Waals surface area (Å²) in [6.45, 7) is 2.55. The van der Waals surface area contributed by atoms with Gasteiger partial charge in [-0.3, -0.25) is 9.36 Å². The monoisotopic (exact) mass is 256 g/mol. The third kappa shape index (κ3) is 1.84. The zero-order valence-electron chi connectivity index (χ0n) is 9.96. The van der Waals surface area contributed by atoms with Crippen LogP contribution in [0.5, 0.6) is 0 Å². The molecule has 4 heteroatoms. The summed E-state index contributed by atoms with van der Waals surface area (Å²) in [7, 11) is 0. The SMILES string of the molecule is Cc1csc2c(=O)n(Cc3ccccc3)cnc12. The van der Waals surface area contributed by atoms with E-state index in [2.05, 4.69) is 4.98 Å². The highest BCUT2D eigenvalue weighted by atomic mass is 32.1. The Labute approximate surface area is 108 Å². The molecule has 2 aromatic heterocycles. The van der Waals surface area contributed by atoms with Gasteiger partial charge in [0.2, 0.25) is 0 Å². The normalized spacial score (nSPS) is 10.9. The Bertz CT molecular complexity index is 743. The van der Waals surface area contributed by atoms with Gasteiger partial charge in [-0.2, -0.15) is 0 Å². The molecule has 3 aromatic rings. The van der Waals surface area contributed by atoms with Crippen LogP contribution in [0.15, 0.2) is 46.8 Å². The van der Waals surface area contributed by atoms with E-state index in [4.69, 9.17) is 0 Å². The van der Waals surface area contributed by atoms with Gasteiger partial charge in [0.1, 0.15) is 4.70 Å². The number of rotatable bonds is 2. The molecule has 0 aliphatic heterocycles. The van der Waals surface area contributed by atoms with E-state index in [0.29, 0.717) is 6.54 Å². The summed E-state index contributed by atoms with van der Waals surface area (Å²) in [4.78, 5) is 16.7. The Morgan fingerprint density at radius 3 is 2.83 bits per heavy atom. The van der Waals surface area contributed by atoms with E-state index in [1.165, 1.54) is 11.3 Å². The quantitative estimate of drug-likeness (QED) is 0.706. The van der Waals surface area contributed by atoms with E-state index in [1.54, 1.807) is 10.9 Å². The smallest absolute Gasteiger partial charge is 0.271 e. The number of fused-ring (bicyclic) bond motifs is 1. The highest BCUT2D eigenvalue weighted by Crippen LogP contribution is 2.19. The van der Waals surface area contributed by atoms with Crippen molar-refractivity contribution in [2.45, 2.75) is 13.5 Å². The molecule has 0 fully saturated rings. The number of aromatic nitrogens is 2. The molecule has 0 aliphatic carbocycles. The van der Waals surface area contributed by atoms with Crippen LogP contribution in [-0.2, 0) is 6.54 Å². The molecule has 0 amide bonds. The lowest BCUT2D eigenvalue weighted by molar-refractivity contribution is 0.749. The number of benzene rings is 1. The van der Waals surface area contributed by atoms with Crippen molar-refractivity contribution in [3.63, 3.8) is 0 Å². The van der Waals surface area contributed by atoms with Crippen LogP contribution in [0.3, 0.4) is 0 Å². The van der Waals surface area contributed by atoms with Gasteiger partial charge in [0.15, 0.2) is 0 Å². The lowest BCUT2D eigenvalue weighted by Crippen LogP contribution is -2.20. The standard InChI is InChI=1S/C14H12N2OS/c1-10-8-18-13-12(10)15-9-16(14(13)17)7-11-5-3-2-4-6-11/h2-6,8-9H,7H2,1H3. The van der Waals surface area contributed by atoms with Gasteiger partial charge in [-0.15, -0.1) is 11.3 Å². The molecule has 90 valence electrons. The van der Waals surface area contributed by atoms with Crippen molar-refractivity contribution >= 4 is 21.6 Å². The third-order valence-electron chi connectivity index (χ3n) is 2.92. The van der Waals surface area contributed by atoms with Crippen molar-refractivity contribution in [3.8, 4) is 0 Å². The maximum Gasteiger partial charge on any atom is 0.271 e. The van der Waals surface area contributed by atoms with Crippen molar-refractivity contribution in [3.05, 3.63) is 63.5 Å². The molecule has 1 aromatic carbocycles. The van der Waals surface area contributed by atoms with E-state index in [9.17, 15) is 4.79 Å². The fraction of sp³-hybridized carbons (Fsp3) is 0.143. The Kier molecular flexibility index (Phi) is 2.72. The second-order valence-electron chi connectivity index (χ2n) is 4.26. The van der Waals surface area contributed by atoms with Crippen LogP contribution in [0.1, 0.15) is 11.1 Å². The average molecular weight is 256 g/mol. The zero-order valence-corrected chi connectivity index (χ0v) is 10.8. The van der Waals surface area contributed by atoms with Crippen molar-refractivity contribution < 1.29 is 0 Å². The first kappa shape index (κ1) is 11.2. The Morgan fingerprint density at radius 2 is 2.06 bits per heavy atom.